The maximum absolute atomic E-state index is 11.9. The van der Waals surface area contributed by atoms with Crippen molar-refractivity contribution >= 4 is 12.0 Å². The third-order valence-electron chi connectivity index (χ3n) is 3.98. The van der Waals surface area contributed by atoms with Gasteiger partial charge in [0, 0.05) is 5.54 Å². The first-order chi connectivity index (χ1) is 8.29. The van der Waals surface area contributed by atoms with E-state index >= 15 is 0 Å². The Hall–Kier alpha value is -1.26. The van der Waals surface area contributed by atoms with E-state index in [9.17, 15) is 9.59 Å². The van der Waals surface area contributed by atoms with Crippen molar-refractivity contribution in [1.82, 2.24) is 10.6 Å². The first kappa shape index (κ1) is 16.7. The Bertz CT molecular complexity index is 292. The van der Waals surface area contributed by atoms with Crippen molar-refractivity contribution in [2.45, 2.75) is 71.4 Å². The van der Waals surface area contributed by atoms with Crippen molar-refractivity contribution in [3.05, 3.63) is 0 Å². The molecule has 5 nitrogen and oxygen atoms in total. The van der Waals surface area contributed by atoms with Gasteiger partial charge in [-0.15, -0.1) is 0 Å². The summed E-state index contributed by atoms with van der Waals surface area (Å²) in [6.45, 7) is 9.30. The summed E-state index contributed by atoms with van der Waals surface area (Å²) in [6.07, 6.45) is 2.81. The van der Waals surface area contributed by atoms with E-state index in [1.165, 1.54) is 6.92 Å². The van der Waals surface area contributed by atoms with E-state index in [-0.39, 0.29) is 5.54 Å². The number of rotatable bonds is 7. The van der Waals surface area contributed by atoms with Gasteiger partial charge in [0.1, 0.15) is 5.54 Å². The summed E-state index contributed by atoms with van der Waals surface area (Å²) in [7, 11) is 0. The molecule has 0 rings (SSSR count). The molecule has 1 atom stereocenters. The molecule has 0 aromatic heterocycles. The van der Waals surface area contributed by atoms with Gasteiger partial charge in [-0.05, 0) is 32.6 Å². The summed E-state index contributed by atoms with van der Waals surface area (Å²) in [5, 5.41) is 14.6. The molecule has 2 amide bonds. The van der Waals surface area contributed by atoms with Crippen LogP contribution in [0, 0.1) is 0 Å². The Morgan fingerprint density at radius 3 is 1.67 bits per heavy atom. The molecule has 0 radical (unpaired) electrons. The summed E-state index contributed by atoms with van der Waals surface area (Å²) < 4.78 is 0. The number of carbonyl (C=O) groups is 2. The van der Waals surface area contributed by atoms with E-state index < -0.39 is 17.5 Å². The van der Waals surface area contributed by atoms with Crippen molar-refractivity contribution in [3.63, 3.8) is 0 Å². The zero-order chi connectivity index (χ0) is 14.4. The van der Waals surface area contributed by atoms with Crippen LogP contribution in [0.25, 0.3) is 0 Å². The van der Waals surface area contributed by atoms with E-state index in [0.29, 0.717) is 6.42 Å². The highest BCUT2D eigenvalue weighted by Crippen LogP contribution is 2.19. The normalized spacial score (nSPS) is 14.7. The van der Waals surface area contributed by atoms with Gasteiger partial charge in [0.15, 0.2) is 0 Å². The van der Waals surface area contributed by atoms with Gasteiger partial charge >= 0.3 is 12.0 Å². The zero-order valence-corrected chi connectivity index (χ0v) is 12.1. The van der Waals surface area contributed by atoms with E-state index in [1.807, 2.05) is 20.8 Å². The number of urea groups is 1. The van der Waals surface area contributed by atoms with Gasteiger partial charge in [-0.3, -0.25) is 0 Å². The molecule has 0 bridgehead atoms. The molecular weight excluding hydrogens is 232 g/mol. The lowest BCUT2D eigenvalue weighted by Gasteiger charge is -2.34. The SMILES string of the molecule is CCC(CC)(CC)NC(=O)NC(C)(CC)C(=O)O. The Balaban J connectivity index is 4.73. The molecule has 0 aromatic carbocycles. The highest BCUT2D eigenvalue weighted by molar-refractivity contribution is 5.86. The molecule has 5 heteroatoms. The molecule has 0 heterocycles. The van der Waals surface area contributed by atoms with E-state index in [0.717, 1.165) is 19.3 Å². The maximum Gasteiger partial charge on any atom is 0.329 e. The fraction of sp³-hybridized carbons (Fsp3) is 0.846. The molecular formula is C13H26N2O3. The fourth-order valence-electron chi connectivity index (χ4n) is 1.83. The predicted octanol–water partition coefficient (Wildman–Crippen LogP) is 2.51. The smallest absolute Gasteiger partial charge is 0.329 e. The summed E-state index contributed by atoms with van der Waals surface area (Å²) >= 11 is 0. The highest BCUT2D eigenvalue weighted by atomic mass is 16.4. The van der Waals surface area contributed by atoms with Gasteiger partial charge in [0.25, 0.3) is 0 Å². The molecule has 0 saturated heterocycles. The number of amides is 2. The monoisotopic (exact) mass is 258 g/mol. The topological polar surface area (TPSA) is 78.4 Å². The van der Waals surface area contributed by atoms with Gasteiger partial charge < -0.3 is 15.7 Å². The van der Waals surface area contributed by atoms with Crippen molar-refractivity contribution in [1.29, 1.82) is 0 Å². The second-order valence-corrected chi connectivity index (χ2v) is 4.91. The van der Waals surface area contributed by atoms with Crippen LogP contribution in [-0.4, -0.2) is 28.2 Å². The van der Waals surface area contributed by atoms with Crippen molar-refractivity contribution in [2.24, 2.45) is 0 Å². The standard InChI is InChI=1S/C13H26N2O3/c1-6-12(5,10(16)17)14-11(18)15-13(7-2,8-3)9-4/h6-9H2,1-5H3,(H,16,17)(H2,14,15,18). The summed E-state index contributed by atoms with van der Waals surface area (Å²) in [6, 6.07) is -0.410. The lowest BCUT2D eigenvalue weighted by Crippen LogP contribution is -2.59. The van der Waals surface area contributed by atoms with Crippen LogP contribution in [0.4, 0.5) is 4.79 Å². The van der Waals surface area contributed by atoms with Crippen LogP contribution in [0.15, 0.2) is 0 Å². The van der Waals surface area contributed by atoms with Crippen LogP contribution in [0.2, 0.25) is 0 Å². The number of aliphatic carboxylic acids is 1. The highest BCUT2D eigenvalue weighted by Gasteiger charge is 2.35. The molecule has 0 aliphatic carbocycles. The Morgan fingerprint density at radius 1 is 0.944 bits per heavy atom. The number of carbonyl (C=O) groups excluding carboxylic acids is 1. The average Bonchev–Trinajstić information content (AvgIpc) is 2.35. The molecule has 0 spiro atoms. The van der Waals surface area contributed by atoms with Crippen LogP contribution < -0.4 is 10.6 Å². The number of carboxylic acids is 1. The summed E-state index contributed by atoms with van der Waals surface area (Å²) in [5.74, 6) is -1.02. The minimum absolute atomic E-state index is 0.253. The quantitative estimate of drug-likeness (QED) is 0.656. The van der Waals surface area contributed by atoms with Gasteiger partial charge in [0.2, 0.25) is 0 Å². The lowest BCUT2D eigenvalue weighted by molar-refractivity contribution is -0.143. The molecule has 0 aliphatic rings. The van der Waals surface area contributed by atoms with E-state index in [1.54, 1.807) is 6.92 Å². The molecule has 18 heavy (non-hydrogen) atoms. The Morgan fingerprint density at radius 2 is 1.39 bits per heavy atom. The lowest BCUT2D eigenvalue weighted by atomic mass is 9.90. The Kier molecular flexibility index (Phi) is 6.15. The third kappa shape index (κ3) is 3.89. The van der Waals surface area contributed by atoms with Crippen LogP contribution >= 0.6 is 0 Å². The third-order valence-corrected chi connectivity index (χ3v) is 3.98. The first-order valence-corrected chi connectivity index (χ1v) is 6.62. The Labute approximate surface area is 109 Å². The van der Waals surface area contributed by atoms with Crippen LogP contribution in [0.5, 0.6) is 0 Å². The largest absolute Gasteiger partial charge is 0.480 e. The number of carboxylic acid groups (broad SMARTS) is 1. The van der Waals surface area contributed by atoms with Crippen molar-refractivity contribution in [2.75, 3.05) is 0 Å². The van der Waals surface area contributed by atoms with Crippen LogP contribution in [-0.2, 0) is 4.79 Å². The maximum atomic E-state index is 11.9. The van der Waals surface area contributed by atoms with E-state index in [4.69, 9.17) is 5.11 Å². The first-order valence-electron chi connectivity index (χ1n) is 6.62. The zero-order valence-electron chi connectivity index (χ0n) is 12.1. The van der Waals surface area contributed by atoms with Crippen LogP contribution in [0.3, 0.4) is 0 Å². The minimum atomic E-state index is -1.22. The molecule has 0 aliphatic heterocycles. The molecule has 3 N–H and O–H groups in total. The second-order valence-electron chi connectivity index (χ2n) is 4.91. The molecule has 0 aromatic rings. The minimum Gasteiger partial charge on any atom is -0.480 e. The number of nitrogens with one attached hydrogen (secondary N) is 2. The number of hydrogen-bond acceptors (Lipinski definition) is 2. The summed E-state index contributed by atoms with van der Waals surface area (Å²) in [5.41, 5.74) is -1.47. The average molecular weight is 258 g/mol. The molecule has 0 saturated carbocycles. The molecule has 106 valence electrons. The van der Waals surface area contributed by atoms with Crippen molar-refractivity contribution < 1.29 is 14.7 Å². The van der Waals surface area contributed by atoms with E-state index in [2.05, 4.69) is 10.6 Å². The van der Waals surface area contributed by atoms with Gasteiger partial charge in [0.05, 0.1) is 0 Å². The van der Waals surface area contributed by atoms with Gasteiger partial charge in [-0.2, -0.15) is 0 Å². The molecule has 1 unspecified atom stereocenters. The van der Waals surface area contributed by atoms with Gasteiger partial charge in [-0.1, -0.05) is 27.7 Å². The van der Waals surface area contributed by atoms with Crippen molar-refractivity contribution in [3.8, 4) is 0 Å². The second kappa shape index (κ2) is 6.61. The number of hydrogen-bond donors (Lipinski definition) is 3. The summed E-state index contributed by atoms with van der Waals surface area (Å²) in [4.78, 5) is 23.0. The predicted molar refractivity (Wildman–Crippen MR) is 71.6 cm³/mol. The fourth-order valence-corrected chi connectivity index (χ4v) is 1.83. The van der Waals surface area contributed by atoms with Crippen LogP contribution in [0.1, 0.15) is 60.3 Å². The van der Waals surface area contributed by atoms with Gasteiger partial charge in [-0.25, -0.2) is 9.59 Å². The molecule has 0 fully saturated rings.